The SMILES string of the molecule is CCCCN(CCO)CC1COCCC1O. The highest BCUT2D eigenvalue weighted by Gasteiger charge is 2.25. The van der Waals surface area contributed by atoms with Crippen molar-refractivity contribution in [2.75, 3.05) is 39.5 Å². The van der Waals surface area contributed by atoms with E-state index in [0.29, 0.717) is 19.8 Å². The second-order valence-electron chi connectivity index (χ2n) is 4.57. The number of aliphatic hydroxyl groups excluding tert-OH is 2. The van der Waals surface area contributed by atoms with Crippen LogP contribution in [0.15, 0.2) is 0 Å². The fraction of sp³-hybridized carbons (Fsp3) is 1.00. The molecule has 2 unspecified atom stereocenters. The lowest BCUT2D eigenvalue weighted by atomic mass is 9.98. The summed E-state index contributed by atoms with van der Waals surface area (Å²) in [6.45, 7) is 6.20. The van der Waals surface area contributed by atoms with Crippen molar-refractivity contribution >= 4 is 0 Å². The van der Waals surface area contributed by atoms with Gasteiger partial charge >= 0.3 is 0 Å². The molecule has 1 heterocycles. The molecular formula is C12H25NO3. The first kappa shape index (κ1) is 13.9. The Morgan fingerprint density at radius 1 is 1.38 bits per heavy atom. The van der Waals surface area contributed by atoms with Gasteiger partial charge in [0.15, 0.2) is 0 Å². The Morgan fingerprint density at radius 2 is 2.19 bits per heavy atom. The Hall–Kier alpha value is -0.160. The van der Waals surface area contributed by atoms with E-state index in [1.807, 2.05) is 0 Å². The molecule has 1 rings (SSSR count). The summed E-state index contributed by atoms with van der Waals surface area (Å²) < 4.78 is 5.39. The lowest BCUT2D eigenvalue weighted by Gasteiger charge is -2.32. The highest BCUT2D eigenvalue weighted by atomic mass is 16.5. The monoisotopic (exact) mass is 231 g/mol. The van der Waals surface area contributed by atoms with Crippen molar-refractivity contribution in [2.45, 2.75) is 32.3 Å². The van der Waals surface area contributed by atoms with Crippen LogP contribution in [0.25, 0.3) is 0 Å². The number of unbranched alkanes of at least 4 members (excludes halogenated alkanes) is 1. The van der Waals surface area contributed by atoms with Crippen molar-refractivity contribution in [3.63, 3.8) is 0 Å². The predicted octanol–water partition coefficient (Wildman–Crippen LogP) is 0.478. The van der Waals surface area contributed by atoms with Gasteiger partial charge in [0.2, 0.25) is 0 Å². The minimum atomic E-state index is -0.239. The van der Waals surface area contributed by atoms with Gasteiger partial charge < -0.3 is 19.8 Å². The van der Waals surface area contributed by atoms with Crippen molar-refractivity contribution < 1.29 is 14.9 Å². The topological polar surface area (TPSA) is 52.9 Å². The van der Waals surface area contributed by atoms with Crippen LogP contribution in [0.3, 0.4) is 0 Å². The van der Waals surface area contributed by atoms with Gasteiger partial charge in [-0.25, -0.2) is 0 Å². The molecule has 0 bridgehead atoms. The van der Waals surface area contributed by atoms with E-state index in [1.54, 1.807) is 0 Å². The number of nitrogens with zero attached hydrogens (tertiary/aromatic N) is 1. The highest BCUT2D eigenvalue weighted by molar-refractivity contribution is 4.76. The molecule has 2 N–H and O–H groups in total. The molecule has 4 heteroatoms. The zero-order valence-electron chi connectivity index (χ0n) is 10.3. The molecule has 4 nitrogen and oxygen atoms in total. The van der Waals surface area contributed by atoms with Gasteiger partial charge in [0.05, 0.1) is 19.3 Å². The van der Waals surface area contributed by atoms with Crippen LogP contribution in [0.4, 0.5) is 0 Å². The summed E-state index contributed by atoms with van der Waals surface area (Å²) >= 11 is 0. The first-order chi connectivity index (χ1) is 7.77. The van der Waals surface area contributed by atoms with E-state index >= 15 is 0 Å². The van der Waals surface area contributed by atoms with Gasteiger partial charge in [-0.3, -0.25) is 0 Å². The zero-order valence-corrected chi connectivity index (χ0v) is 10.3. The summed E-state index contributed by atoms with van der Waals surface area (Å²) in [5.74, 6) is 0.206. The van der Waals surface area contributed by atoms with E-state index in [2.05, 4.69) is 11.8 Å². The van der Waals surface area contributed by atoms with Crippen LogP contribution in [0.2, 0.25) is 0 Å². The van der Waals surface area contributed by atoms with Crippen LogP contribution < -0.4 is 0 Å². The van der Waals surface area contributed by atoms with Crippen LogP contribution in [0.5, 0.6) is 0 Å². The zero-order chi connectivity index (χ0) is 11.8. The maximum Gasteiger partial charge on any atom is 0.0624 e. The molecule has 1 aliphatic heterocycles. The second-order valence-corrected chi connectivity index (χ2v) is 4.57. The molecule has 1 saturated heterocycles. The fourth-order valence-electron chi connectivity index (χ4n) is 2.11. The maximum absolute atomic E-state index is 9.84. The van der Waals surface area contributed by atoms with Crippen LogP contribution >= 0.6 is 0 Å². The average Bonchev–Trinajstić information content (AvgIpc) is 2.29. The van der Waals surface area contributed by atoms with Gasteiger partial charge in [-0.05, 0) is 19.4 Å². The van der Waals surface area contributed by atoms with Crippen molar-refractivity contribution in [1.82, 2.24) is 4.90 Å². The van der Waals surface area contributed by atoms with E-state index in [0.717, 1.165) is 32.4 Å². The Labute approximate surface area is 98.2 Å². The van der Waals surface area contributed by atoms with Gasteiger partial charge in [0.25, 0.3) is 0 Å². The Balaban J connectivity index is 2.33. The van der Waals surface area contributed by atoms with E-state index in [-0.39, 0.29) is 18.6 Å². The number of hydrogen-bond acceptors (Lipinski definition) is 4. The molecule has 1 fully saturated rings. The summed E-state index contributed by atoms with van der Waals surface area (Å²) in [6.07, 6.45) is 2.80. The lowest BCUT2D eigenvalue weighted by molar-refractivity contribution is -0.0476. The van der Waals surface area contributed by atoms with Crippen molar-refractivity contribution in [1.29, 1.82) is 0 Å². The molecule has 0 amide bonds. The van der Waals surface area contributed by atoms with Gasteiger partial charge in [-0.1, -0.05) is 13.3 Å². The molecule has 0 aliphatic carbocycles. The van der Waals surface area contributed by atoms with Gasteiger partial charge in [-0.2, -0.15) is 0 Å². The lowest BCUT2D eigenvalue weighted by Crippen LogP contribution is -2.42. The molecule has 0 radical (unpaired) electrons. The van der Waals surface area contributed by atoms with Crippen LogP contribution in [-0.2, 0) is 4.74 Å². The van der Waals surface area contributed by atoms with Crippen molar-refractivity contribution in [3.8, 4) is 0 Å². The minimum absolute atomic E-state index is 0.188. The Morgan fingerprint density at radius 3 is 2.81 bits per heavy atom. The van der Waals surface area contributed by atoms with Crippen molar-refractivity contribution in [2.24, 2.45) is 5.92 Å². The molecule has 0 aromatic carbocycles. The molecule has 2 atom stereocenters. The molecule has 0 aromatic rings. The molecule has 0 spiro atoms. The Bertz CT molecular complexity index is 178. The molecule has 16 heavy (non-hydrogen) atoms. The second kappa shape index (κ2) is 8.01. The standard InChI is InChI=1S/C12H25NO3/c1-2-3-5-13(6-7-14)9-11-10-16-8-4-12(11)15/h11-12,14-15H,2-10H2,1H3. The highest BCUT2D eigenvalue weighted by Crippen LogP contribution is 2.16. The molecule has 0 aromatic heterocycles. The molecular weight excluding hydrogens is 206 g/mol. The molecule has 1 aliphatic rings. The number of aliphatic hydroxyl groups is 2. The summed E-state index contributed by atoms with van der Waals surface area (Å²) in [4.78, 5) is 2.23. The normalized spacial score (nSPS) is 26.2. The van der Waals surface area contributed by atoms with E-state index < -0.39 is 0 Å². The third-order valence-electron chi connectivity index (χ3n) is 3.17. The number of ether oxygens (including phenoxy) is 1. The molecule has 96 valence electrons. The number of rotatable bonds is 7. The van der Waals surface area contributed by atoms with Crippen LogP contribution in [-0.4, -0.2) is 60.7 Å². The Kier molecular flexibility index (Phi) is 6.96. The summed E-state index contributed by atoms with van der Waals surface area (Å²) in [5, 5.41) is 18.8. The van der Waals surface area contributed by atoms with Crippen molar-refractivity contribution in [3.05, 3.63) is 0 Å². The van der Waals surface area contributed by atoms with E-state index in [4.69, 9.17) is 9.84 Å². The van der Waals surface area contributed by atoms with Crippen LogP contribution in [0.1, 0.15) is 26.2 Å². The first-order valence-electron chi connectivity index (χ1n) is 6.37. The number of hydrogen-bond donors (Lipinski definition) is 2. The van der Waals surface area contributed by atoms with Crippen LogP contribution in [0, 0.1) is 5.92 Å². The summed E-state index contributed by atoms with van der Waals surface area (Å²) in [7, 11) is 0. The third kappa shape index (κ3) is 4.78. The van der Waals surface area contributed by atoms with Gasteiger partial charge in [-0.15, -0.1) is 0 Å². The van der Waals surface area contributed by atoms with Gasteiger partial charge in [0, 0.05) is 25.6 Å². The van der Waals surface area contributed by atoms with Gasteiger partial charge in [0.1, 0.15) is 0 Å². The maximum atomic E-state index is 9.84. The van der Waals surface area contributed by atoms with E-state index in [1.165, 1.54) is 0 Å². The molecule has 0 saturated carbocycles. The third-order valence-corrected chi connectivity index (χ3v) is 3.17. The first-order valence-corrected chi connectivity index (χ1v) is 6.37. The summed E-state index contributed by atoms with van der Waals surface area (Å²) in [6, 6.07) is 0. The van der Waals surface area contributed by atoms with E-state index in [9.17, 15) is 5.11 Å². The average molecular weight is 231 g/mol. The quantitative estimate of drug-likeness (QED) is 0.669. The predicted molar refractivity (Wildman–Crippen MR) is 63.4 cm³/mol. The fourth-order valence-corrected chi connectivity index (χ4v) is 2.11. The minimum Gasteiger partial charge on any atom is -0.395 e. The largest absolute Gasteiger partial charge is 0.395 e. The summed E-state index contributed by atoms with van der Waals surface area (Å²) in [5.41, 5.74) is 0. The smallest absolute Gasteiger partial charge is 0.0624 e.